The first-order valence-electron chi connectivity index (χ1n) is 7.98. The highest BCUT2D eigenvalue weighted by atomic mass is 19.4. The highest BCUT2D eigenvalue weighted by Crippen LogP contribution is 2.30. The van der Waals surface area contributed by atoms with Crippen LogP contribution in [-0.2, 0) is 12.7 Å². The molecule has 0 aromatic heterocycles. The Morgan fingerprint density at radius 2 is 1.73 bits per heavy atom. The third-order valence-electron chi connectivity index (χ3n) is 3.76. The predicted octanol–water partition coefficient (Wildman–Crippen LogP) is 4.38. The number of carbonyl (C=O) groups is 1. The molecular formula is C19H20F3NO3. The standard InChI is InChI=1S/C19H20F3NO3/c1-4-26-16-10-7-14(11-17(16)25-3)18(24)23(2)12-13-5-8-15(9-6-13)19(20,21)22/h5-11H,4,12H2,1-3H3. The first kappa shape index (κ1) is 19.6. The van der Waals surface area contributed by atoms with Crippen LogP contribution < -0.4 is 9.47 Å². The summed E-state index contributed by atoms with van der Waals surface area (Å²) >= 11 is 0. The first-order chi connectivity index (χ1) is 12.3. The van der Waals surface area contributed by atoms with Crippen LogP contribution in [-0.4, -0.2) is 31.6 Å². The first-order valence-corrected chi connectivity index (χ1v) is 7.98. The van der Waals surface area contributed by atoms with Crippen molar-refractivity contribution in [1.29, 1.82) is 0 Å². The van der Waals surface area contributed by atoms with Gasteiger partial charge in [0.05, 0.1) is 19.3 Å². The van der Waals surface area contributed by atoms with Crippen LogP contribution in [0.3, 0.4) is 0 Å². The van der Waals surface area contributed by atoms with Crippen molar-refractivity contribution in [2.75, 3.05) is 20.8 Å². The van der Waals surface area contributed by atoms with Crippen molar-refractivity contribution in [3.05, 3.63) is 59.2 Å². The third kappa shape index (κ3) is 4.68. The van der Waals surface area contributed by atoms with E-state index in [1.54, 1.807) is 25.2 Å². The largest absolute Gasteiger partial charge is 0.493 e. The predicted molar refractivity (Wildman–Crippen MR) is 91.4 cm³/mol. The van der Waals surface area contributed by atoms with Gasteiger partial charge in [0.1, 0.15) is 0 Å². The van der Waals surface area contributed by atoms with E-state index in [0.29, 0.717) is 29.2 Å². The third-order valence-corrected chi connectivity index (χ3v) is 3.76. The van der Waals surface area contributed by atoms with Crippen LogP contribution >= 0.6 is 0 Å². The smallest absolute Gasteiger partial charge is 0.416 e. The zero-order chi connectivity index (χ0) is 19.3. The molecule has 0 spiro atoms. The minimum atomic E-state index is -4.38. The molecule has 2 rings (SSSR count). The second kappa shape index (κ2) is 8.12. The summed E-state index contributed by atoms with van der Waals surface area (Å²) in [4.78, 5) is 14.0. The van der Waals surface area contributed by atoms with Gasteiger partial charge in [-0.3, -0.25) is 4.79 Å². The molecule has 26 heavy (non-hydrogen) atoms. The van der Waals surface area contributed by atoms with Crippen molar-refractivity contribution in [2.45, 2.75) is 19.6 Å². The van der Waals surface area contributed by atoms with Crippen LogP contribution in [0.5, 0.6) is 11.5 Å². The summed E-state index contributed by atoms with van der Waals surface area (Å²) in [6, 6.07) is 9.61. The van der Waals surface area contributed by atoms with E-state index in [1.807, 2.05) is 6.92 Å². The van der Waals surface area contributed by atoms with E-state index >= 15 is 0 Å². The Bertz CT molecular complexity index is 758. The molecule has 0 aliphatic heterocycles. The number of rotatable bonds is 6. The molecule has 0 saturated heterocycles. The minimum Gasteiger partial charge on any atom is -0.493 e. The van der Waals surface area contributed by atoms with Gasteiger partial charge in [0.15, 0.2) is 11.5 Å². The van der Waals surface area contributed by atoms with Gasteiger partial charge in [-0.1, -0.05) is 12.1 Å². The van der Waals surface area contributed by atoms with Crippen molar-refractivity contribution in [2.24, 2.45) is 0 Å². The number of halogens is 3. The van der Waals surface area contributed by atoms with Crippen LogP contribution in [0.2, 0.25) is 0 Å². The number of carbonyl (C=O) groups excluding carboxylic acids is 1. The molecule has 140 valence electrons. The molecule has 0 aliphatic rings. The van der Waals surface area contributed by atoms with Gasteiger partial charge in [-0.15, -0.1) is 0 Å². The van der Waals surface area contributed by atoms with Gasteiger partial charge in [-0.05, 0) is 42.8 Å². The SMILES string of the molecule is CCOc1ccc(C(=O)N(C)Cc2ccc(C(F)(F)F)cc2)cc1OC. The molecule has 1 amide bonds. The average Bonchev–Trinajstić information content (AvgIpc) is 2.61. The van der Waals surface area contributed by atoms with Gasteiger partial charge in [-0.25, -0.2) is 0 Å². The van der Waals surface area contributed by atoms with Gasteiger partial charge in [-0.2, -0.15) is 13.2 Å². The van der Waals surface area contributed by atoms with Gasteiger partial charge in [0, 0.05) is 19.2 Å². The molecule has 2 aromatic carbocycles. The topological polar surface area (TPSA) is 38.8 Å². The summed E-state index contributed by atoms with van der Waals surface area (Å²) < 4.78 is 48.5. The van der Waals surface area contributed by atoms with Gasteiger partial charge >= 0.3 is 6.18 Å². The Balaban J connectivity index is 2.12. The Labute approximate surface area is 150 Å². The highest BCUT2D eigenvalue weighted by molar-refractivity contribution is 5.94. The summed E-state index contributed by atoms with van der Waals surface area (Å²) in [5, 5.41) is 0. The number of hydrogen-bond acceptors (Lipinski definition) is 3. The zero-order valence-electron chi connectivity index (χ0n) is 14.8. The fourth-order valence-electron chi connectivity index (χ4n) is 2.44. The van der Waals surface area contributed by atoms with E-state index in [1.165, 1.54) is 24.1 Å². The Kier molecular flexibility index (Phi) is 6.13. The Morgan fingerprint density at radius 3 is 2.27 bits per heavy atom. The molecule has 4 nitrogen and oxygen atoms in total. The molecule has 0 saturated carbocycles. The Morgan fingerprint density at radius 1 is 1.08 bits per heavy atom. The average molecular weight is 367 g/mol. The molecule has 7 heteroatoms. The van der Waals surface area contributed by atoms with E-state index in [4.69, 9.17) is 9.47 Å². The van der Waals surface area contributed by atoms with Gasteiger partial charge < -0.3 is 14.4 Å². The van der Waals surface area contributed by atoms with E-state index in [-0.39, 0.29) is 12.5 Å². The van der Waals surface area contributed by atoms with E-state index < -0.39 is 11.7 Å². The van der Waals surface area contributed by atoms with Crippen LogP contribution in [0.15, 0.2) is 42.5 Å². The summed E-state index contributed by atoms with van der Waals surface area (Å²) in [5.41, 5.74) is 0.290. The van der Waals surface area contributed by atoms with E-state index in [9.17, 15) is 18.0 Å². The lowest BCUT2D eigenvalue weighted by Crippen LogP contribution is -2.26. The van der Waals surface area contributed by atoms with Crippen molar-refractivity contribution >= 4 is 5.91 Å². The molecular weight excluding hydrogens is 347 g/mol. The fraction of sp³-hybridized carbons (Fsp3) is 0.316. The number of methoxy groups -OCH3 is 1. The number of alkyl halides is 3. The number of benzene rings is 2. The van der Waals surface area contributed by atoms with Crippen LogP contribution in [0.25, 0.3) is 0 Å². The van der Waals surface area contributed by atoms with Crippen molar-refractivity contribution < 1.29 is 27.4 Å². The molecule has 0 fully saturated rings. The van der Waals surface area contributed by atoms with Crippen molar-refractivity contribution in [3.8, 4) is 11.5 Å². The summed E-state index contributed by atoms with van der Waals surface area (Å²) in [7, 11) is 3.07. The van der Waals surface area contributed by atoms with E-state index in [0.717, 1.165) is 12.1 Å². The molecule has 0 radical (unpaired) electrons. The quantitative estimate of drug-likeness (QED) is 0.760. The van der Waals surface area contributed by atoms with Crippen LogP contribution in [0.1, 0.15) is 28.4 Å². The molecule has 0 atom stereocenters. The van der Waals surface area contributed by atoms with Gasteiger partial charge in [0.2, 0.25) is 0 Å². The monoisotopic (exact) mass is 367 g/mol. The van der Waals surface area contributed by atoms with Crippen LogP contribution in [0.4, 0.5) is 13.2 Å². The molecule has 0 N–H and O–H groups in total. The van der Waals surface area contributed by atoms with Crippen molar-refractivity contribution in [3.63, 3.8) is 0 Å². The van der Waals surface area contributed by atoms with E-state index in [2.05, 4.69) is 0 Å². The number of amides is 1. The van der Waals surface area contributed by atoms with Gasteiger partial charge in [0.25, 0.3) is 5.91 Å². The lowest BCUT2D eigenvalue weighted by atomic mass is 10.1. The molecule has 0 unspecified atom stereocenters. The fourth-order valence-corrected chi connectivity index (χ4v) is 2.44. The summed E-state index contributed by atoms with van der Waals surface area (Å²) in [6.45, 7) is 2.50. The number of ether oxygens (including phenoxy) is 2. The molecule has 0 bridgehead atoms. The summed E-state index contributed by atoms with van der Waals surface area (Å²) in [6.07, 6.45) is -4.38. The minimum absolute atomic E-state index is 0.187. The maximum atomic E-state index is 12.6. The lowest BCUT2D eigenvalue weighted by Gasteiger charge is -2.19. The number of nitrogens with zero attached hydrogens (tertiary/aromatic N) is 1. The highest BCUT2D eigenvalue weighted by Gasteiger charge is 2.30. The lowest BCUT2D eigenvalue weighted by molar-refractivity contribution is -0.137. The molecule has 0 heterocycles. The second-order valence-corrected chi connectivity index (χ2v) is 5.65. The van der Waals surface area contributed by atoms with Crippen LogP contribution in [0, 0.1) is 0 Å². The van der Waals surface area contributed by atoms with Crippen molar-refractivity contribution in [1.82, 2.24) is 4.90 Å². The Hall–Kier alpha value is -2.70. The maximum absolute atomic E-state index is 12.6. The zero-order valence-corrected chi connectivity index (χ0v) is 14.8. The summed E-state index contributed by atoms with van der Waals surface area (Å²) in [5.74, 6) is 0.712. The second-order valence-electron chi connectivity index (χ2n) is 5.65. The molecule has 2 aromatic rings. The number of hydrogen-bond donors (Lipinski definition) is 0. The normalized spacial score (nSPS) is 11.2. The maximum Gasteiger partial charge on any atom is 0.416 e. The molecule has 0 aliphatic carbocycles.